The number of carboxylic acid groups (broad SMARTS) is 1. The number of alkyl halides is 3. The van der Waals surface area contributed by atoms with Crippen LogP contribution in [0.2, 0.25) is 0 Å². The molecule has 0 aliphatic heterocycles. The molecule has 0 aliphatic carbocycles. The lowest BCUT2D eigenvalue weighted by atomic mass is 10.1. The Morgan fingerprint density at radius 1 is 1.10 bits per heavy atom. The molecule has 0 saturated heterocycles. The summed E-state index contributed by atoms with van der Waals surface area (Å²) in [6, 6.07) is 12.2. The summed E-state index contributed by atoms with van der Waals surface area (Å²) in [4.78, 5) is 22.7. The second-order valence-electron chi connectivity index (χ2n) is 5.82. The molecule has 0 fully saturated rings. The monoisotopic (exact) mass is 409 g/mol. The van der Waals surface area contributed by atoms with Gasteiger partial charge in [-0.1, -0.05) is 42.5 Å². The largest absolute Gasteiger partial charge is 0.573 e. The minimum absolute atomic E-state index is 0.131. The van der Waals surface area contributed by atoms with Crippen LogP contribution in [0, 0.1) is 0 Å². The fourth-order valence-electron chi connectivity index (χ4n) is 2.29. The highest BCUT2D eigenvalue weighted by Crippen LogP contribution is 2.25. The van der Waals surface area contributed by atoms with Crippen LogP contribution in [0.3, 0.4) is 0 Å². The molecule has 0 saturated carbocycles. The van der Waals surface area contributed by atoms with E-state index in [1.54, 1.807) is 6.08 Å². The van der Waals surface area contributed by atoms with E-state index in [-0.39, 0.29) is 24.3 Å². The zero-order chi connectivity index (χ0) is 21.3. The minimum Gasteiger partial charge on any atom is -0.478 e. The van der Waals surface area contributed by atoms with Gasteiger partial charge in [-0.2, -0.15) is 0 Å². The van der Waals surface area contributed by atoms with E-state index < -0.39 is 24.2 Å². The summed E-state index contributed by atoms with van der Waals surface area (Å²) < 4.78 is 45.9. The Morgan fingerprint density at radius 2 is 1.83 bits per heavy atom. The van der Waals surface area contributed by atoms with Crippen molar-refractivity contribution in [2.24, 2.45) is 0 Å². The van der Waals surface area contributed by atoms with Gasteiger partial charge in [0, 0.05) is 6.54 Å². The average Bonchev–Trinajstić information content (AvgIpc) is 2.65. The third-order valence-corrected chi connectivity index (χ3v) is 3.51. The molecule has 0 radical (unpaired) electrons. The van der Waals surface area contributed by atoms with E-state index in [9.17, 15) is 22.8 Å². The molecule has 0 spiro atoms. The van der Waals surface area contributed by atoms with Crippen molar-refractivity contribution in [3.05, 3.63) is 71.3 Å². The quantitative estimate of drug-likeness (QED) is 0.622. The van der Waals surface area contributed by atoms with E-state index in [0.29, 0.717) is 6.42 Å². The molecule has 0 unspecified atom stereocenters. The number of hydrogen-bond donors (Lipinski definition) is 2. The molecule has 1 amide bonds. The van der Waals surface area contributed by atoms with Crippen molar-refractivity contribution in [1.82, 2.24) is 5.32 Å². The Morgan fingerprint density at radius 3 is 2.48 bits per heavy atom. The van der Waals surface area contributed by atoms with Crippen LogP contribution in [0.25, 0.3) is 6.08 Å². The van der Waals surface area contributed by atoms with Gasteiger partial charge in [-0.25, -0.2) is 9.59 Å². The van der Waals surface area contributed by atoms with Crippen molar-refractivity contribution in [2.75, 3.05) is 6.54 Å². The second kappa shape index (κ2) is 10.2. The van der Waals surface area contributed by atoms with Crippen molar-refractivity contribution < 1.29 is 37.3 Å². The first-order chi connectivity index (χ1) is 13.7. The van der Waals surface area contributed by atoms with Gasteiger partial charge in [0.05, 0.1) is 5.56 Å². The van der Waals surface area contributed by atoms with Crippen LogP contribution in [-0.4, -0.2) is 30.1 Å². The fourth-order valence-corrected chi connectivity index (χ4v) is 2.29. The first kappa shape index (κ1) is 21.8. The molecular formula is C20H18F3NO5. The predicted molar refractivity (Wildman–Crippen MR) is 98.4 cm³/mol. The Hall–Kier alpha value is -3.49. The lowest BCUT2D eigenvalue weighted by Gasteiger charge is -2.10. The Labute approximate surface area is 164 Å². The summed E-state index contributed by atoms with van der Waals surface area (Å²) in [7, 11) is 0. The van der Waals surface area contributed by atoms with Gasteiger partial charge in [0.2, 0.25) is 0 Å². The Bertz CT molecular complexity index is 866. The summed E-state index contributed by atoms with van der Waals surface area (Å²) in [5.41, 5.74) is 0.725. The lowest BCUT2D eigenvalue weighted by molar-refractivity contribution is -0.274. The molecule has 2 rings (SSSR count). The highest BCUT2D eigenvalue weighted by atomic mass is 19.4. The molecule has 2 N–H and O–H groups in total. The first-order valence-corrected chi connectivity index (χ1v) is 8.48. The first-order valence-electron chi connectivity index (χ1n) is 8.48. The van der Waals surface area contributed by atoms with Gasteiger partial charge in [-0.05, 0) is 35.7 Å². The van der Waals surface area contributed by atoms with Crippen LogP contribution >= 0.6 is 0 Å². The van der Waals surface area contributed by atoms with E-state index in [1.807, 2.05) is 30.3 Å². The van der Waals surface area contributed by atoms with E-state index >= 15 is 0 Å². The highest BCUT2D eigenvalue weighted by molar-refractivity contribution is 5.89. The molecule has 0 aromatic heterocycles. The van der Waals surface area contributed by atoms with Crippen molar-refractivity contribution in [3.8, 4) is 5.75 Å². The molecule has 29 heavy (non-hydrogen) atoms. The lowest BCUT2D eigenvalue weighted by Crippen LogP contribution is -2.24. The highest BCUT2D eigenvalue weighted by Gasteiger charge is 2.31. The number of benzene rings is 2. The van der Waals surface area contributed by atoms with Gasteiger partial charge in [0.15, 0.2) is 0 Å². The standard InChI is InChI=1S/C20H18F3NO5/c21-20(22,23)29-17-11-15(10-16(12-17)18(25)26)8-4-5-9-24-19(27)28-13-14-6-2-1-3-7-14/h1-4,6-8,10-12H,5,9,13H2,(H,24,27)(H,25,26). The number of alkyl carbamates (subject to hydrolysis) is 1. The number of rotatable bonds is 8. The van der Waals surface area contributed by atoms with Gasteiger partial charge in [-0.15, -0.1) is 13.2 Å². The molecule has 0 bridgehead atoms. The second-order valence-corrected chi connectivity index (χ2v) is 5.82. The number of aromatic carboxylic acids is 1. The number of halogens is 3. The molecular weight excluding hydrogens is 391 g/mol. The number of nitrogens with one attached hydrogen (secondary N) is 1. The van der Waals surface area contributed by atoms with Crippen LogP contribution in [0.15, 0.2) is 54.6 Å². The van der Waals surface area contributed by atoms with E-state index in [4.69, 9.17) is 9.84 Å². The zero-order valence-corrected chi connectivity index (χ0v) is 15.1. The number of carbonyl (C=O) groups excluding carboxylic acids is 1. The Balaban J connectivity index is 1.84. The number of carboxylic acids is 1. The number of ether oxygens (including phenoxy) is 2. The molecule has 9 heteroatoms. The maximum Gasteiger partial charge on any atom is 0.573 e. The fraction of sp³-hybridized carbons (Fsp3) is 0.200. The number of carbonyl (C=O) groups is 2. The third-order valence-electron chi connectivity index (χ3n) is 3.51. The van der Waals surface area contributed by atoms with Crippen LogP contribution < -0.4 is 10.1 Å². The topological polar surface area (TPSA) is 84.9 Å². The summed E-state index contributed by atoms with van der Waals surface area (Å²) in [5.74, 6) is -2.00. The predicted octanol–water partition coefficient (Wildman–Crippen LogP) is 4.61. The maximum atomic E-state index is 12.4. The normalized spacial score (nSPS) is 11.3. The summed E-state index contributed by atoms with van der Waals surface area (Å²) in [5, 5.41) is 11.5. The average molecular weight is 409 g/mol. The number of amides is 1. The van der Waals surface area contributed by atoms with Crippen LogP contribution in [0.5, 0.6) is 5.75 Å². The van der Waals surface area contributed by atoms with Gasteiger partial charge in [0.1, 0.15) is 12.4 Å². The smallest absolute Gasteiger partial charge is 0.478 e. The molecule has 154 valence electrons. The third kappa shape index (κ3) is 8.37. The summed E-state index contributed by atoms with van der Waals surface area (Å²) in [6.45, 7) is 0.362. The van der Waals surface area contributed by atoms with Crippen molar-refractivity contribution >= 4 is 18.1 Å². The van der Waals surface area contributed by atoms with Gasteiger partial charge >= 0.3 is 18.4 Å². The van der Waals surface area contributed by atoms with Gasteiger partial charge < -0.3 is 19.9 Å². The van der Waals surface area contributed by atoms with Crippen LogP contribution in [0.4, 0.5) is 18.0 Å². The molecule has 0 atom stereocenters. The van der Waals surface area contributed by atoms with E-state index in [2.05, 4.69) is 10.1 Å². The van der Waals surface area contributed by atoms with Crippen LogP contribution in [-0.2, 0) is 11.3 Å². The molecule has 6 nitrogen and oxygen atoms in total. The molecule has 0 heterocycles. The van der Waals surface area contributed by atoms with E-state index in [0.717, 1.165) is 17.7 Å². The molecule has 2 aromatic rings. The molecule has 0 aliphatic rings. The zero-order valence-electron chi connectivity index (χ0n) is 15.1. The van der Waals surface area contributed by atoms with Crippen molar-refractivity contribution in [3.63, 3.8) is 0 Å². The number of hydrogen-bond acceptors (Lipinski definition) is 4. The maximum absolute atomic E-state index is 12.4. The Kier molecular flexibility index (Phi) is 7.64. The SMILES string of the molecule is O=C(NCCC=Cc1cc(OC(F)(F)F)cc(C(=O)O)c1)OCc1ccccc1. The van der Waals surface area contributed by atoms with Gasteiger partial charge in [-0.3, -0.25) is 0 Å². The van der Waals surface area contributed by atoms with Crippen molar-refractivity contribution in [2.45, 2.75) is 19.4 Å². The van der Waals surface area contributed by atoms with E-state index in [1.165, 1.54) is 12.1 Å². The summed E-state index contributed by atoms with van der Waals surface area (Å²) in [6.07, 6.45) is -2.16. The minimum atomic E-state index is -4.93. The van der Waals surface area contributed by atoms with Crippen molar-refractivity contribution in [1.29, 1.82) is 0 Å². The van der Waals surface area contributed by atoms with Crippen LogP contribution in [0.1, 0.15) is 27.9 Å². The molecule has 2 aromatic carbocycles. The summed E-state index contributed by atoms with van der Waals surface area (Å²) >= 11 is 0. The van der Waals surface area contributed by atoms with Gasteiger partial charge in [0.25, 0.3) is 0 Å².